The van der Waals surface area contributed by atoms with Crippen LogP contribution in [0.15, 0.2) is 0 Å². The molecule has 0 bridgehead atoms. The summed E-state index contributed by atoms with van der Waals surface area (Å²) < 4.78 is 5.38. The average Bonchev–Trinajstić information content (AvgIpc) is 2.23. The lowest BCUT2D eigenvalue weighted by Gasteiger charge is -2.26. The molecule has 0 aromatic rings. The van der Waals surface area contributed by atoms with E-state index in [0.29, 0.717) is 32.6 Å². The maximum absolute atomic E-state index is 10.7. The third-order valence-corrected chi connectivity index (χ3v) is 2.52. The van der Waals surface area contributed by atoms with Gasteiger partial charge < -0.3 is 14.6 Å². The van der Waals surface area contributed by atoms with E-state index in [1.54, 1.807) is 6.92 Å². The standard InChI is InChI=1S/C13H27NO3/c1-5-17-10-13(3,4)9-14-12(16)8-6-7-11(2)15/h12,14,16H,5-10H2,1-4H3. The number of ether oxygens (including phenoxy) is 1. The van der Waals surface area contributed by atoms with E-state index < -0.39 is 6.23 Å². The van der Waals surface area contributed by atoms with Crippen molar-refractivity contribution in [3.63, 3.8) is 0 Å². The molecule has 1 unspecified atom stereocenters. The molecular weight excluding hydrogens is 218 g/mol. The van der Waals surface area contributed by atoms with Crippen LogP contribution in [0.1, 0.15) is 47.0 Å². The van der Waals surface area contributed by atoms with Crippen molar-refractivity contribution in [2.45, 2.75) is 53.2 Å². The summed E-state index contributed by atoms with van der Waals surface area (Å²) in [5.41, 5.74) is 0.0115. The Kier molecular flexibility index (Phi) is 8.39. The Hall–Kier alpha value is -0.450. The van der Waals surface area contributed by atoms with Gasteiger partial charge in [-0.2, -0.15) is 0 Å². The van der Waals surface area contributed by atoms with Gasteiger partial charge in [0.1, 0.15) is 12.0 Å². The second-order valence-electron chi connectivity index (χ2n) is 5.29. The number of rotatable bonds is 10. The maximum atomic E-state index is 10.7. The topological polar surface area (TPSA) is 58.6 Å². The number of carbonyl (C=O) groups excluding carboxylic acids is 1. The Morgan fingerprint density at radius 1 is 1.47 bits per heavy atom. The normalized spacial score (nSPS) is 13.7. The van der Waals surface area contributed by atoms with Crippen LogP contribution in [-0.2, 0) is 9.53 Å². The van der Waals surface area contributed by atoms with Crippen molar-refractivity contribution >= 4 is 5.78 Å². The molecule has 17 heavy (non-hydrogen) atoms. The smallest absolute Gasteiger partial charge is 0.129 e. The van der Waals surface area contributed by atoms with Crippen molar-refractivity contribution in [3.8, 4) is 0 Å². The van der Waals surface area contributed by atoms with Gasteiger partial charge in [0.05, 0.1) is 6.61 Å². The van der Waals surface area contributed by atoms with E-state index in [9.17, 15) is 9.90 Å². The molecule has 0 amide bonds. The zero-order chi connectivity index (χ0) is 13.3. The molecule has 0 aliphatic heterocycles. The molecule has 0 radical (unpaired) electrons. The van der Waals surface area contributed by atoms with Gasteiger partial charge in [0, 0.05) is 25.0 Å². The Bertz CT molecular complexity index is 217. The number of aliphatic hydroxyl groups is 1. The Morgan fingerprint density at radius 2 is 2.12 bits per heavy atom. The first-order chi connectivity index (χ1) is 7.87. The zero-order valence-electron chi connectivity index (χ0n) is 11.6. The molecule has 0 aliphatic carbocycles. The maximum Gasteiger partial charge on any atom is 0.129 e. The fraction of sp³-hybridized carbons (Fsp3) is 0.923. The Labute approximate surface area is 105 Å². The van der Waals surface area contributed by atoms with Gasteiger partial charge in [-0.1, -0.05) is 13.8 Å². The first-order valence-electron chi connectivity index (χ1n) is 6.36. The van der Waals surface area contributed by atoms with Gasteiger partial charge in [-0.15, -0.1) is 0 Å². The van der Waals surface area contributed by atoms with Crippen molar-refractivity contribution in [2.75, 3.05) is 19.8 Å². The molecule has 4 heteroatoms. The highest BCUT2D eigenvalue weighted by Gasteiger charge is 2.19. The van der Waals surface area contributed by atoms with E-state index in [4.69, 9.17) is 4.74 Å². The van der Waals surface area contributed by atoms with Crippen LogP contribution in [0.5, 0.6) is 0 Å². The van der Waals surface area contributed by atoms with Crippen molar-refractivity contribution < 1.29 is 14.6 Å². The number of hydrogen-bond acceptors (Lipinski definition) is 4. The lowest BCUT2D eigenvalue weighted by atomic mass is 9.94. The molecule has 0 aliphatic rings. The first kappa shape index (κ1) is 16.6. The molecule has 0 rings (SSSR count). The Morgan fingerprint density at radius 3 is 2.65 bits per heavy atom. The number of Topliss-reactive ketones (excluding diaryl/α,β-unsaturated/α-hetero) is 1. The highest BCUT2D eigenvalue weighted by Crippen LogP contribution is 2.14. The van der Waals surface area contributed by atoms with Crippen LogP contribution in [0.25, 0.3) is 0 Å². The van der Waals surface area contributed by atoms with Gasteiger partial charge in [0.25, 0.3) is 0 Å². The molecule has 102 valence electrons. The van der Waals surface area contributed by atoms with Crippen LogP contribution in [0.3, 0.4) is 0 Å². The van der Waals surface area contributed by atoms with Gasteiger partial charge in [0.2, 0.25) is 0 Å². The summed E-state index contributed by atoms with van der Waals surface area (Å²) in [6.45, 7) is 9.83. The monoisotopic (exact) mass is 245 g/mol. The van der Waals surface area contributed by atoms with E-state index in [1.807, 2.05) is 6.92 Å². The molecule has 0 fully saturated rings. The fourth-order valence-electron chi connectivity index (χ4n) is 1.47. The highest BCUT2D eigenvalue weighted by atomic mass is 16.5. The zero-order valence-corrected chi connectivity index (χ0v) is 11.6. The first-order valence-corrected chi connectivity index (χ1v) is 6.36. The summed E-state index contributed by atoms with van der Waals surface area (Å²) in [7, 11) is 0. The molecule has 2 N–H and O–H groups in total. The number of hydrogen-bond donors (Lipinski definition) is 2. The van der Waals surface area contributed by atoms with Gasteiger partial charge >= 0.3 is 0 Å². The number of carbonyl (C=O) groups is 1. The highest BCUT2D eigenvalue weighted by molar-refractivity contribution is 5.75. The van der Waals surface area contributed by atoms with Crippen molar-refractivity contribution in [1.29, 1.82) is 0 Å². The van der Waals surface area contributed by atoms with E-state index in [2.05, 4.69) is 19.2 Å². The minimum Gasteiger partial charge on any atom is -0.381 e. The second-order valence-corrected chi connectivity index (χ2v) is 5.29. The van der Waals surface area contributed by atoms with Crippen molar-refractivity contribution in [1.82, 2.24) is 5.32 Å². The summed E-state index contributed by atoms with van der Waals surface area (Å²) in [4.78, 5) is 10.7. The summed E-state index contributed by atoms with van der Waals surface area (Å²) in [6, 6.07) is 0. The van der Waals surface area contributed by atoms with Gasteiger partial charge in [-0.3, -0.25) is 5.32 Å². The summed E-state index contributed by atoms with van der Waals surface area (Å²) >= 11 is 0. The predicted molar refractivity (Wildman–Crippen MR) is 68.8 cm³/mol. The summed E-state index contributed by atoms with van der Waals surface area (Å²) in [5.74, 6) is 0.175. The molecule has 0 saturated carbocycles. The molecule has 4 nitrogen and oxygen atoms in total. The number of aliphatic hydroxyl groups excluding tert-OH is 1. The second kappa shape index (κ2) is 8.61. The Balaban J connectivity index is 3.67. The lowest BCUT2D eigenvalue weighted by Crippen LogP contribution is -2.39. The lowest BCUT2D eigenvalue weighted by molar-refractivity contribution is -0.117. The van der Waals surface area contributed by atoms with Crippen LogP contribution in [0.2, 0.25) is 0 Å². The van der Waals surface area contributed by atoms with Gasteiger partial charge in [-0.05, 0) is 26.7 Å². The third kappa shape index (κ3) is 10.4. The summed E-state index contributed by atoms with van der Waals surface area (Å²) in [6.07, 6.45) is 1.36. The van der Waals surface area contributed by atoms with E-state index >= 15 is 0 Å². The fourth-order valence-corrected chi connectivity index (χ4v) is 1.47. The van der Waals surface area contributed by atoms with Crippen LogP contribution in [0.4, 0.5) is 0 Å². The predicted octanol–water partition coefficient (Wildman–Crippen LogP) is 1.72. The van der Waals surface area contributed by atoms with Crippen LogP contribution >= 0.6 is 0 Å². The minimum absolute atomic E-state index is 0.0115. The average molecular weight is 245 g/mol. The third-order valence-electron chi connectivity index (χ3n) is 2.52. The summed E-state index contributed by atoms with van der Waals surface area (Å²) in [5, 5.41) is 12.8. The van der Waals surface area contributed by atoms with Gasteiger partial charge in [0.15, 0.2) is 0 Å². The molecule has 0 heterocycles. The molecule has 0 aromatic heterocycles. The molecule has 0 aromatic carbocycles. The largest absolute Gasteiger partial charge is 0.381 e. The van der Waals surface area contributed by atoms with Crippen LogP contribution in [-0.4, -0.2) is 36.9 Å². The molecular formula is C13H27NO3. The van der Waals surface area contributed by atoms with Crippen LogP contribution in [0, 0.1) is 5.41 Å². The molecule has 1 atom stereocenters. The quantitative estimate of drug-likeness (QED) is 0.575. The van der Waals surface area contributed by atoms with E-state index in [0.717, 1.165) is 6.42 Å². The van der Waals surface area contributed by atoms with E-state index in [-0.39, 0.29) is 11.2 Å². The van der Waals surface area contributed by atoms with Crippen molar-refractivity contribution in [2.24, 2.45) is 5.41 Å². The van der Waals surface area contributed by atoms with Crippen molar-refractivity contribution in [3.05, 3.63) is 0 Å². The van der Waals surface area contributed by atoms with Crippen LogP contribution < -0.4 is 5.32 Å². The number of ketones is 1. The molecule has 0 spiro atoms. The minimum atomic E-state index is -0.532. The van der Waals surface area contributed by atoms with E-state index in [1.165, 1.54) is 0 Å². The number of nitrogens with one attached hydrogen (secondary N) is 1. The molecule has 0 saturated heterocycles. The SMILES string of the molecule is CCOCC(C)(C)CNC(O)CCCC(C)=O. The van der Waals surface area contributed by atoms with Gasteiger partial charge in [-0.25, -0.2) is 0 Å².